The van der Waals surface area contributed by atoms with Gasteiger partial charge in [-0.2, -0.15) is 0 Å². The number of nitrogens with one attached hydrogen (secondary N) is 1. The second kappa shape index (κ2) is 11.0. The number of benzene rings is 1. The molecule has 1 N–H and O–H groups in total. The van der Waals surface area contributed by atoms with Crippen LogP contribution in [0.15, 0.2) is 60.8 Å². The average Bonchev–Trinajstić information content (AvgIpc) is 3.78. The third kappa shape index (κ3) is 5.81. The molecule has 36 heavy (non-hydrogen) atoms. The van der Waals surface area contributed by atoms with Crippen LogP contribution in [0.3, 0.4) is 0 Å². The normalized spacial score (nSPS) is 19.5. The molecule has 0 bridgehead atoms. The van der Waals surface area contributed by atoms with Gasteiger partial charge < -0.3 is 4.74 Å². The Morgan fingerprint density at radius 1 is 0.917 bits per heavy atom. The van der Waals surface area contributed by atoms with Gasteiger partial charge in [0.05, 0.1) is 0 Å². The molecule has 5 rings (SSSR count). The zero-order chi connectivity index (χ0) is 24.9. The fraction of sp³-hybridized carbons (Fsp3) is 0.400. The first-order valence-electron chi connectivity index (χ1n) is 13.1. The van der Waals surface area contributed by atoms with Crippen molar-refractivity contribution in [2.45, 2.75) is 70.3 Å². The number of aryl methyl sites for hydroxylation is 1. The van der Waals surface area contributed by atoms with E-state index in [0.29, 0.717) is 17.7 Å². The first-order valence-corrected chi connectivity index (χ1v) is 13.1. The van der Waals surface area contributed by atoms with Gasteiger partial charge in [-0.05, 0) is 85.6 Å². The summed E-state index contributed by atoms with van der Waals surface area (Å²) in [6.45, 7) is 2.30. The predicted octanol–water partition coefficient (Wildman–Crippen LogP) is 6.82. The molecule has 2 aliphatic rings. The molecule has 0 radical (unpaired) electrons. The van der Waals surface area contributed by atoms with Crippen LogP contribution in [0.1, 0.15) is 90.2 Å². The van der Waals surface area contributed by atoms with Gasteiger partial charge >= 0.3 is 6.09 Å². The smallest absolute Gasteiger partial charge is 0.413 e. The van der Waals surface area contributed by atoms with Crippen LogP contribution in [0.2, 0.25) is 0 Å². The highest BCUT2D eigenvalue weighted by Gasteiger charge is 2.33. The van der Waals surface area contributed by atoms with Gasteiger partial charge in [-0.15, -0.1) is 0 Å². The zero-order valence-corrected chi connectivity index (χ0v) is 20.8. The monoisotopic (exact) mass is 483 g/mol. The number of hydrogen-bond acceptors (Lipinski definition) is 5. The molecule has 1 amide bonds. The molecule has 6 nitrogen and oxygen atoms in total. The van der Waals surface area contributed by atoms with E-state index in [4.69, 9.17) is 9.72 Å². The Balaban J connectivity index is 1.14. The maximum absolute atomic E-state index is 13.4. The number of ketones is 1. The van der Waals surface area contributed by atoms with Crippen molar-refractivity contribution >= 4 is 17.7 Å². The van der Waals surface area contributed by atoms with Crippen molar-refractivity contribution in [3.05, 3.63) is 88.9 Å². The SMILES string of the molecule is CCc1ccc(C2CC2)c(C(=O)C2CCC(c3ccc(NC(=O)OCc4ccccc4)nc3)CC2)n1. The van der Waals surface area contributed by atoms with Gasteiger partial charge in [-0.1, -0.05) is 49.4 Å². The standard InChI is InChI=1S/C30H33N3O3/c1-2-25-15-16-26(22-10-11-22)28(32-25)29(34)23-12-8-21(9-13-23)24-14-17-27(31-18-24)33-30(35)36-19-20-6-4-3-5-7-20/h3-7,14-18,21-23H,2,8-13,19H2,1H3,(H,31,33,35). The first-order chi connectivity index (χ1) is 17.6. The molecule has 0 spiro atoms. The Labute approximate surface area is 212 Å². The van der Waals surface area contributed by atoms with E-state index in [1.807, 2.05) is 48.7 Å². The van der Waals surface area contributed by atoms with E-state index in [2.05, 4.69) is 29.4 Å². The van der Waals surface area contributed by atoms with Crippen LogP contribution >= 0.6 is 0 Å². The summed E-state index contributed by atoms with van der Waals surface area (Å²) in [5.74, 6) is 1.64. The molecule has 1 aromatic carbocycles. The lowest BCUT2D eigenvalue weighted by Crippen LogP contribution is -2.23. The fourth-order valence-electron chi connectivity index (χ4n) is 5.10. The summed E-state index contributed by atoms with van der Waals surface area (Å²) < 4.78 is 5.26. The highest BCUT2D eigenvalue weighted by atomic mass is 16.5. The van der Waals surface area contributed by atoms with Crippen molar-refractivity contribution in [1.29, 1.82) is 0 Å². The molecule has 3 aromatic rings. The number of anilines is 1. The number of carbonyl (C=O) groups excluding carboxylic acids is 2. The van der Waals surface area contributed by atoms with Gasteiger partial charge in [0.25, 0.3) is 0 Å². The summed E-state index contributed by atoms with van der Waals surface area (Å²) in [6, 6.07) is 17.6. The summed E-state index contributed by atoms with van der Waals surface area (Å²) in [7, 11) is 0. The minimum atomic E-state index is -0.524. The third-order valence-corrected chi connectivity index (χ3v) is 7.40. The molecular weight excluding hydrogens is 450 g/mol. The number of amides is 1. The number of nitrogens with zero attached hydrogens (tertiary/aromatic N) is 2. The molecule has 0 unspecified atom stereocenters. The number of Topliss-reactive ketones (excluding diaryl/α,β-unsaturated/α-hetero) is 1. The summed E-state index contributed by atoms with van der Waals surface area (Å²) >= 11 is 0. The zero-order valence-electron chi connectivity index (χ0n) is 20.8. The fourth-order valence-corrected chi connectivity index (χ4v) is 5.10. The second-order valence-corrected chi connectivity index (χ2v) is 9.94. The largest absolute Gasteiger partial charge is 0.444 e. The molecule has 0 atom stereocenters. The molecule has 2 fully saturated rings. The molecule has 2 aliphatic carbocycles. The number of carbonyl (C=O) groups is 2. The van der Waals surface area contributed by atoms with E-state index in [9.17, 15) is 9.59 Å². The Bertz CT molecular complexity index is 1200. The van der Waals surface area contributed by atoms with Gasteiger partial charge in [0.15, 0.2) is 5.78 Å². The molecule has 2 aromatic heterocycles. The lowest BCUT2D eigenvalue weighted by atomic mass is 9.76. The quantitative estimate of drug-likeness (QED) is 0.356. The summed E-state index contributed by atoms with van der Waals surface area (Å²) in [5.41, 5.74) is 4.97. The Hall–Kier alpha value is -3.54. The van der Waals surface area contributed by atoms with Crippen molar-refractivity contribution < 1.29 is 14.3 Å². The topological polar surface area (TPSA) is 81.2 Å². The van der Waals surface area contributed by atoms with Crippen molar-refractivity contribution in [3.63, 3.8) is 0 Å². The molecule has 2 heterocycles. The van der Waals surface area contributed by atoms with Gasteiger partial charge in [-0.3, -0.25) is 10.1 Å². The predicted molar refractivity (Wildman–Crippen MR) is 139 cm³/mol. The van der Waals surface area contributed by atoms with E-state index < -0.39 is 6.09 Å². The summed E-state index contributed by atoms with van der Waals surface area (Å²) in [6.07, 6.45) is 8.15. The van der Waals surface area contributed by atoms with Crippen LogP contribution in [0.5, 0.6) is 0 Å². The van der Waals surface area contributed by atoms with E-state index in [1.54, 1.807) is 0 Å². The van der Waals surface area contributed by atoms with Crippen LogP contribution in [0.4, 0.5) is 10.6 Å². The van der Waals surface area contributed by atoms with Crippen molar-refractivity contribution in [2.24, 2.45) is 5.92 Å². The molecule has 186 valence electrons. The highest BCUT2D eigenvalue weighted by molar-refractivity contribution is 5.97. The maximum atomic E-state index is 13.4. The molecule has 2 saturated carbocycles. The van der Waals surface area contributed by atoms with E-state index in [0.717, 1.165) is 60.2 Å². The molecule has 0 saturated heterocycles. The number of ether oxygens (including phenoxy) is 1. The van der Waals surface area contributed by atoms with Crippen molar-refractivity contribution in [2.75, 3.05) is 5.32 Å². The Morgan fingerprint density at radius 3 is 2.33 bits per heavy atom. The minimum Gasteiger partial charge on any atom is -0.444 e. The third-order valence-electron chi connectivity index (χ3n) is 7.40. The van der Waals surface area contributed by atoms with Gasteiger partial charge in [0.1, 0.15) is 18.1 Å². The van der Waals surface area contributed by atoms with E-state index in [1.165, 1.54) is 12.8 Å². The van der Waals surface area contributed by atoms with Gasteiger partial charge in [0, 0.05) is 17.8 Å². The van der Waals surface area contributed by atoms with Crippen molar-refractivity contribution in [3.8, 4) is 0 Å². The molecule has 6 heteroatoms. The maximum Gasteiger partial charge on any atom is 0.413 e. The Kier molecular flexibility index (Phi) is 7.40. The molecule has 0 aliphatic heterocycles. The highest BCUT2D eigenvalue weighted by Crippen LogP contribution is 2.43. The van der Waals surface area contributed by atoms with Crippen LogP contribution in [0.25, 0.3) is 0 Å². The lowest BCUT2D eigenvalue weighted by molar-refractivity contribution is 0.0877. The molecular formula is C30H33N3O3. The minimum absolute atomic E-state index is 0.0478. The van der Waals surface area contributed by atoms with Crippen LogP contribution < -0.4 is 5.32 Å². The summed E-state index contributed by atoms with van der Waals surface area (Å²) in [4.78, 5) is 34.7. The average molecular weight is 484 g/mol. The first kappa shape index (κ1) is 24.2. The van der Waals surface area contributed by atoms with Gasteiger partial charge in [0.2, 0.25) is 0 Å². The van der Waals surface area contributed by atoms with E-state index in [-0.39, 0.29) is 18.3 Å². The number of hydrogen-bond donors (Lipinski definition) is 1. The van der Waals surface area contributed by atoms with Crippen LogP contribution in [-0.2, 0) is 17.8 Å². The lowest BCUT2D eigenvalue weighted by Gasteiger charge is -2.28. The van der Waals surface area contributed by atoms with Gasteiger partial charge in [-0.25, -0.2) is 14.8 Å². The summed E-state index contributed by atoms with van der Waals surface area (Å²) in [5, 5.41) is 2.69. The van der Waals surface area contributed by atoms with Crippen LogP contribution in [-0.4, -0.2) is 21.8 Å². The second-order valence-electron chi connectivity index (χ2n) is 9.94. The van der Waals surface area contributed by atoms with E-state index >= 15 is 0 Å². The van der Waals surface area contributed by atoms with Crippen molar-refractivity contribution in [1.82, 2.24) is 9.97 Å². The Morgan fingerprint density at radius 2 is 1.67 bits per heavy atom. The number of pyridine rings is 2. The number of rotatable bonds is 8. The number of aromatic nitrogens is 2. The van der Waals surface area contributed by atoms with Crippen LogP contribution in [0, 0.1) is 5.92 Å².